The summed E-state index contributed by atoms with van der Waals surface area (Å²) in [7, 11) is 0. The van der Waals surface area contributed by atoms with Gasteiger partial charge >= 0.3 is 0 Å². The van der Waals surface area contributed by atoms with Gasteiger partial charge in [-0.05, 0) is 26.0 Å². The van der Waals surface area contributed by atoms with E-state index in [4.69, 9.17) is 14.2 Å². The van der Waals surface area contributed by atoms with Crippen molar-refractivity contribution < 1.29 is 14.1 Å². The molecular formula is C21H23N5O3. The topological polar surface area (TPSA) is 94.2 Å². The van der Waals surface area contributed by atoms with E-state index in [0.717, 1.165) is 34.8 Å². The number of carbonyl (C=O) groups is 1. The standard InChI is InChI=1S/C21H23N5O3/c1-4-18-20(14(3)25-29-18)17-7-5-6-16(24-17)19-11-26(8-9-28-19)21(27)15-10-22-12-23-13(15)2/h5-7,10,12,19H,4,8-9,11H2,1-3H3/t19-/m1/s1. The molecule has 150 valence electrons. The Balaban J connectivity index is 1.58. The van der Waals surface area contributed by atoms with Crippen molar-refractivity contribution in [3.8, 4) is 11.3 Å². The number of morpholine rings is 1. The maximum absolute atomic E-state index is 12.9. The van der Waals surface area contributed by atoms with Gasteiger partial charge in [-0.25, -0.2) is 15.0 Å². The molecule has 4 heterocycles. The SMILES string of the molecule is CCc1onc(C)c1-c1cccc([C@H]2CN(C(=O)c3cncnc3C)CCO2)n1. The average molecular weight is 393 g/mol. The third kappa shape index (κ3) is 3.75. The second-order valence-corrected chi connectivity index (χ2v) is 7.00. The van der Waals surface area contributed by atoms with Gasteiger partial charge in [-0.15, -0.1) is 0 Å². The van der Waals surface area contributed by atoms with Crippen LogP contribution in [0.25, 0.3) is 11.3 Å². The molecule has 1 atom stereocenters. The summed E-state index contributed by atoms with van der Waals surface area (Å²) < 4.78 is 11.4. The minimum Gasteiger partial charge on any atom is -0.368 e. The molecule has 8 heteroatoms. The molecule has 0 aliphatic carbocycles. The number of aromatic nitrogens is 4. The van der Waals surface area contributed by atoms with E-state index in [9.17, 15) is 4.79 Å². The molecule has 0 spiro atoms. The lowest BCUT2D eigenvalue weighted by atomic mass is 10.1. The lowest BCUT2D eigenvalue weighted by Crippen LogP contribution is -2.42. The first kappa shape index (κ1) is 19.2. The number of nitrogens with zero attached hydrogens (tertiary/aromatic N) is 5. The molecule has 3 aromatic heterocycles. The number of aryl methyl sites for hydroxylation is 3. The largest absolute Gasteiger partial charge is 0.368 e. The van der Waals surface area contributed by atoms with Crippen LogP contribution in [0.15, 0.2) is 35.2 Å². The molecule has 29 heavy (non-hydrogen) atoms. The molecule has 0 bridgehead atoms. The molecule has 3 aromatic rings. The molecular weight excluding hydrogens is 370 g/mol. The zero-order valence-corrected chi connectivity index (χ0v) is 16.8. The predicted molar refractivity (Wildman–Crippen MR) is 105 cm³/mol. The smallest absolute Gasteiger partial charge is 0.257 e. The third-order valence-corrected chi connectivity index (χ3v) is 5.11. The number of rotatable bonds is 4. The zero-order chi connectivity index (χ0) is 20.4. The number of ether oxygens (including phenoxy) is 1. The van der Waals surface area contributed by atoms with Gasteiger partial charge in [0.25, 0.3) is 5.91 Å². The molecule has 0 saturated carbocycles. The molecule has 1 aliphatic heterocycles. The van der Waals surface area contributed by atoms with Crippen LogP contribution in [-0.4, -0.2) is 50.6 Å². The molecule has 1 fully saturated rings. The zero-order valence-electron chi connectivity index (χ0n) is 16.8. The Kier molecular flexibility index (Phi) is 5.35. The van der Waals surface area contributed by atoms with Gasteiger partial charge in [0.2, 0.25) is 0 Å². The van der Waals surface area contributed by atoms with Crippen molar-refractivity contribution in [2.75, 3.05) is 19.7 Å². The third-order valence-electron chi connectivity index (χ3n) is 5.11. The summed E-state index contributed by atoms with van der Waals surface area (Å²) in [5.74, 6) is 0.726. The Morgan fingerprint density at radius 1 is 1.28 bits per heavy atom. The van der Waals surface area contributed by atoms with Gasteiger partial charge in [0.05, 0.1) is 47.1 Å². The first-order valence-corrected chi connectivity index (χ1v) is 9.68. The predicted octanol–water partition coefficient (Wildman–Crippen LogP) is 2.92. The van der Waals surface area contributed by atoms with Gasteiger partial charge in [-0.1, -0.05) is 18.1 Å². The summed E-state index contributed by atoms with van der Waals surface area (Å²) in [5.41, 5.74) is 4.51. The van der Waals surface area contributed by atoms with Crippen molar-refractivity contribution in [1.82, 2.24) is 25.0 Å². The molecule has 4 rings (SSSR count). The van der Waals surface area contributed by atoms with E-state index >= 15 is 0 Å². The highest BCUT2D eigenvalue weighted by Gasteiger charge is 2.28. The van der Waals surface area contributed by atoms with Gasteiger partial charge in [0, 0.05) is 19.2 Å². The molecule has 0 aromatic carbocycles. The second kappa shape index (κ2) is 8.08. The fourth-order valence-electron chi connectivity index (χ4n) is 3.54. The summed E-state index contributed by atoms with van der Waals surface area (Å²) in [6.07, 6.45) is 3.45. The summed E-state index contributed by atoms with van der Waals surface area (Å²) in [4.78, 5) is 27.6. The number of hydrogen-bond acceptors (Lipinski definition) is 7. The van der Waals surface area contributed by atoms with Crippen LogP contribution in [0, 0.1) is 13.8 Å². The summed E-state index contributed by atoms with van der Waals surface area (Å²) >= 11 is 0. The van der Waals surface area contributed by atoms with Crippen LogP contribution < -0.4 is 0 Å². The fraction of sp³-hybridized carbons (Fsp3) is 0.381. The number of pyridine rings is 1. The van der Waals surface area contributed by atoms with Crippen molar-refractivity contribution in [2.24, 2.45) is 0 Å². The van der Waals surface area contributed by atoms with Gasteiger partial charge in [0.15, 0.2) is 0 Å². The van der Waals surface area contributed by atoms with E-state index in [0.29, 0.717) is 31.0 Å². The highest BCUT2D eigenvalue weighted by Crippen LogP contribution is 2.29. The number of carbonyl (C=O) groups excluding carboxylic acids is 1. The highest BCUT2D eigenvalue weighted by molar-refractivity contribution is 5.95. The monoisotopic (exact) mass is 393 g/mol. The normalized spacial score (nSPS) is 16.8. The number of amides is 1. The summed E-state index contributed by atoms with van der Waals surface area (Å²) in [6, 6.07) is 5.81. The van der Waals surface area contributed by atoms with E-state index in [1.165, 1.54) is 6.33 Å². The molecule has 1 aliphatic rings. The Labute approximate surface area is 168 Å². The van der Waals surface area contributed by atoms with Crippen LogP contribution in [-0.2, 0) is 11.2 Å². The molecule has 1 amide bonds. The maximum Gasteiger partial charge on any atom is 0.257 e. The van der Waals surface area contributed by atoms with Crippen LogP contribution in [0.3, 0.4) is 0 Å². The van der Waals surface area contributed by atoms with Crippen molar-refractivity contribution in [1.29, 1.82) is 0 Å². The lowest BCUT2D eigenvalue weighted by Gasteiger charge is -2.33. The molecule has 8 nitrogen and oxygen atoms in total. The van der Waals surface area contributed by atoms with Gasteiger partial charge in [0.1, 0.15) is 18.2 Å². The van der Waals surface area contributed by atoms with Gasteiger partial charge in [-0.3, -0.25) is 4.79 Å². The van der Waals surface area contributed by atoms with Crippen LogP contribution in [0.1, 0.15) is 46.2 Å². The van der Waals surface area contributed by atoms with E-state index in [1.54, 1.807) is 11.1 Å². The quantitative estimate of drug-likeness (QED) is 0.672. The molecule has 1 saturated heterocycles. The Morgan fingerprint density at radius 3 is 2.93 bits per heavy atom. The number of hydrogen-bond donors (Lipinski definition) is 0. The van der Waals surface area contributed by atoms with Crippen LogP contribution >= 0.6 is 0 Å². The van der Waals surface area contributed by atoms with Gasteiger partial charge in [-0.2, -0.15) is 0 Å². The minimum absolute atomic E-state index is 0.0873. The maximum atomic E-state index is 12.9. The Hall–Kier alpha value is -3.13. The van der Waals surface area contributed by atoms with Crippen molar-refractivity contribution in [2.45, 2.75) is 33.3 Å². The minimum atomic E-state index is -0.303. The van der Waals surface area contributed by atoms with E-state index in [1.807, 2.05) is 39.0 Å². The lowest BCUT2D eigenvalue weighted by molar-refractivity contribution is -0.0247. The van der Waals surface area contributed by atoms with Crippen LogP contribution in [0.2, 0.25) is 0 Å². The van der Waals surface area contributed by atoms with Gasteiger partial charge < -0.3 is 14.2 Å². The van der Waals surface area contributed by atoms with Crippen LogP contribution in [0.4, 0.5) is 0 Å². The van der Waals surface area contributed by atoms with E-state index in [-0.39, 0.29) is 12.0 Å². The average Bonchev–Trinajstić information content (AvgIpc) is 3.14. The van der Waals surface area contributed by atoms with Crippen molar-refractivity contribution in [3.05, 3.63) is 59.1 Å². The fourth-order valence-corrected chi connectivity index (χ4v) is 3.54. The van der Waals surface area contributed by atoms with Crippen LogP contribution in [0.5, 0.6) is 0 Å². The molecule has 0 N–H and O–H groups in total. The summed E-state index contributed by atoms with van der Waals surface area (Å²) in [5, 5.41) is 4.07. The highest BCUT2D eigenvalue weighted by atomic mass is 16.5. The Bertz CT molecular complexity index is 1030. The molecule has 0 radical (unpaired) electrons. The van der Waals surface area contributed by atoms with Crippen molar-refractivity contribution in [3.63, 3.8) is 0 Å². The Morgan fingerprint density at radius 2 is 2.14 bits per heavy atom. The van der Waals surface area contributed by atoms with E-state index in [2.05, 4.69) is 15.1 Å². The molecule has 0 unspecified atom stereocenters. The van der Waals surface area contributed by atoms with Crippen molar-refractivity contribution >= 4 is 5.91 Å². The van der Waals surface area contributed by atoms with E-state index < -0.39 is 0 Å². The summed E-state index contributed by atoms with van der Waals surface area (Å²) in [6.45, 7) is 7.14. The first-order chi connectivity index (χ1) is 14.1. The second-order valence-electron chi connectivity index (χ2n) is 7.00. The first-order valence-electron chi connectivity index (χ1n) is 9.68.